The Hall–Kier alpha value is -1.55. The third-order valence-corrected chi connectivity index (χ3v) is 3.59. The number of carbonyl (C=O) groups is 1. The molecule has 0 aliphatic rings. The first-order valence-electron chi connectivity index (χ1n) is 6.98. The van der Waals surface area contributed by atoms with Crippen molar-refractivity contribution in [2.75, 3.05) is 19.5 Å². The maximum Gasteiger partial charge on any atom is 0.256 e. The summed E-state index contributed by atoms with van der Waals surface area (Å²) in [5, 5.41) is 2.91. The second-order valence-corrected chi connectivity index (χ2v) is 5.18. The minimum absolute atomic E-state index is 0.113. The fourth-order valence-corrected chi connectivity index (χ4v) is 2.04. The lowest BCUT2D eigenvalue weighted by Crippen LogP contribution is -2.41. The summed E-state index contributed by atoms with van der Waals surface area (Å²) >= 11 is 0. The molecule has 1 atom stereocenters. The third-order valence-electron chi connectivity index (χ3n) is 3.59. The molecule has 1 rings (SSSR count). The molecule has 0 aliphatic carbocycles. The number of hydrogen-bond acceptors (Lipinski definition) is 3. The SMILES string of the molecule is CCCC[C@](C)(OC)C(=O)Nc1ccc(OC)c(C)c1. The van der Waals surface area contributed by atoms with E-state index in [-0.39, 0.29) is 5.91 Å². The molecule has 0 heterocycles. The number of anilines is 1. The monoisotopic (exact) mass is 279 g/mol. The van der Waals surface area contributed by atoms with E-state index >= 15 is 0 Å². The molecule has 1 aromatic carbocycles. The maximum atomic E-state index is 12.4. The topological polar surface area (TPSA) is 47.6 Å². The summed E-state index contributed by atoms with van der Waals surface area (Å²) in [7, 11) is 3.21. The molecule has 4 nitrogen and oxygen atoms in total. The summed E-state index contributed by atoms with van der Waals surface area (Å²) in [5.41, 5.74) is 0.954. The van der Waals surface area contributed by atoms with Crippen LogP contribution in [0.2, 0.25) is 0 Å². The largest absolute Gasteiger partial charge is 0.496 e. The minimum Gasteiger partial charge on any atom is -0.496 e. The van der Waals surface area contributed by atoms with Gasteiger partial charge >= 0.3 is 0 Å². The molecule has 0 bridgehead atoms. The Bertz CT molecular complexity index is 459. The highest BCUT2D eigenvalue weighted by molar-refractivity contribution is 5.97. The molecule has 0 aliphatic heterocycles. The molecule has 4 heteroatoms. The van der Waals surface area contributed by atoms with E-state index in [0.717, 1.165) is 29.8 Å². The number of carbonyl (C=O) groups excluding carboxylic acids is 1. The van der Waals surface area contributed by atoms with Crippen LogP contribution in [0, 0.1) is 6.92 Å². The van der Waals surface area contributed by atoms with E-state index in [1.165, 1.54) is 0 Å². The summed E-state index contributed by atoms with van der Waals surface area (Å²) in [6.45, 7) is 5.87. The first kappa shape index (κ1) is 16.5. The normalized spacial score (nSPS) is 13.7. The van der Waals surface area contributed by atoms with Gasteiger partial charge in [0.15, 0.2) is 0 Å². The van der Waals surface area contributed by atoms with Crippen LogP contribution < -0.4 is 10.1 Å². The van der Waals surface area contributed by atoms with Crippen molar-refractivity contribution < 1.29 is 14.3 Å². The van der Waals surface area contributed by atoms with Crippen LogP contribution in [0.25, 0.3) is 0 Å². The van der Waals surface area contributed by atoms with Gasteiger partial charge in [-0.15, -0.1) is 0 Å². The zero-order valence-electron chi connectivity index (χ0n) is 13.1. The van der Waals surface area contributed by atoms with Crippen molar-refractivity contribution in [3.63, 3.8) is 0 Å². The number of hydrogen-bond donors (Lipinski definition) is 1. The highest BCUT2D eigenvalue weighted by atomic mass is 16.5. The molecule has 0 fully saturated rings. The molecule has 1 aromatic rings. The van der Waals surface area contributed by atoms with Crippen LogP contribution in [0.3, 0.4) is 0 Å². The van der Waals surface area contributed by atoms with Crippen molar-refractivity contribution in [1.82, 2.24) is 0 Å². The Kier molecular flexibility index (Phi) is 6.02. The number of rotatable bonds is 7. The number of aryl methyl sites for hydroxylation is 1. The average molecular weight is 279 g/mol. The van der Waals surface area contributed by atoms with Crippen molar-refractivity contribution in [3.05, 3.63) is 23.8 Å². The summed E-state index contributed by atoms with van der Waals surface area (Å²) in [5.74, 6) is 0.696. The van der Waals surface area contributed by atoms with E-state index in [2.05, 4.69) is 12.2 Å². The lowest BCUT2D eigenvalue weighted by atomic mass is 9.97. The molecule has 0 saturated heterocycles. The summed E-state index contributed by atoms with van der Waals surface area (Å²) in [4.78, 5) is 12.4. The molecule has 20 heavy (non-hydrogen) atoms. The van der Waals surface area contributed by atoms with E-state index in [4.69, 9.17) is 9.47 Å². The third kappa shape index (κ3) is 3.97. The predicted molar refractivity (Wildman–Crippen MR) is 81.3 cm³/mol. The van der Waals surface area contributed by atoms with Gasteiger partial charge in [-0.25, -0.2) is 0 Å². The molecule has 0 aromatic heterocycles. The van der Waals surface area contributed by atoms with Crippen LogP contribution >= 0.6 is 0 Å². The first-order valence-corrected chi connectivity index (χ1v) is 6.98. The van der Waals surface area contributed by atoms with Crippen molar-refractivity contribution in [3.8, 4) is 5.75 Å². The Labute approximate surface area is 121 Å². The van der Waals surface area contributed by atoms with Crippen molar-refractivity contribution >= 4 is 11.6 Å². The fraction of sp³-hybridized carbons (Fsp3) is 0.562. The second-order valence-electron chi connectivity index (χ2n) is 5.18. The molecule has 0 saturated carbocycles. The molecular formula is C16H25NO3. The van der Waals surface area contributed by atoms with E-state index in [1.807, 2.05) is 32.0 Å². The standard InChI is InChI=1S/C16H25NO3/c1-6-7-10-16(3,20-5)15(18)17-13-8-9-14(19-4)12(2)11-13/h8-9,11H,6-7,10H2,1-5H3,(H,17,18)/t16-/m0/s1. The van der Waals surface area contributed by atoms with Gasteiger partial charge in [-0.3, -0.25) is 4.79 Å². The Morgan fingerprint density at radius 1 is 1.35 bits per heavy atom. The quantitative estimate of drug-likeness (QED) is 0.830. The number of unbranched alkanes of at least 4 members (excludes halogenated alkanes) is 1. The second kappa shape index (κ2) is 7.29. The van der Waals surface area contributed by atoms with Crippen LogP contribution in [0.15, 0.2) is 18.2 Å². The van der Waals surface area contributed by atoms with Crippen LogP contribution in [-0.2, 0) is 9.53 Å². The minimum atomic E-state index is -0.788. The van der Waals surface area contributed by atoms with Crippen molar-refractivity contribution in [2.24, 2.45) is 0 Å². The Morgan fingerprint density at radius 2 is 2.05 bits per heavy atom. The number of methoxy groups -OCH3 is 2. The molecular weight excluding hydrogens is 254 g/mol. The van der Waals surface area contributed by atoms with E-state index in [0.29, 0.717) is 6.42 Å². The first-order chi connectivity index (χ1) is 9.46. The van der Waals surface area contributed by atoms with Gasteiger partial charge in [0.2, 0.25) is 0 Å². The summed E-state index contributed by atoms with van der Waals surface area (Å²) in [6, 6.07) is 5.58. The van der Waals surface area contributed by atoms with Crippen LogP contribution in [0.1, 0.15) is 38.7 Å². The zero-order valence-corrected chi connectivity index (χ0v) is 13.1. The smallest absolute Gasteiger partial charge is 0.256 e. The number of benzene rings is 1. The lowest BCUT2D eigenvalue weighted by molar-refractivity contribution is -0.136. The van der Waals surface area contributed by atoms with E-state index in [9.17, 15) is 4.79 Å². The van der Waals surface area contributed by atoms with Crippen molar-refractivity contribution in [2.45, 2.75) is 45.6 Å². The molecule has 0 radical (unpaired) electrons. The highest BCUT2D eigenvalue weighted by Crippen LogP contribution is 2.24. The van der Waals surface area contributed by atoms with Crippen molar-refractivity contribution in [1.29, 1.82) is 0 Å². The molecule has 0 spiro atoms. The molecule has 0 unspecified atom stereocenters. The predicted octanol–water partition coefficient (Wildman–Crippen LogP) is 3.54. The number of amides is 1. The highest BCUT2D eigenvalue weighted by Gasteiger charge is 2.32. The Balaban J connectivity index is 2.80. The van der Waals surface area contributed by atoms with Gasteiger partial charge < -0.3 is 14.8 Å². The molecule has 112 valence electrons. The fourth-order valence-electron chi connectivity index (χ4n) is 2.04. The lowest BCUT2D eigenvalue weighted by Gasteiger charge is -2.26. The molecule has 1 N–H and O–H groups in total. The van der Waals surface area contributed by atoms with Gasteiger partial charge in [-0.05, 0) is 44.0 Å². The maximum absolute atomic E-state index is 12.4. The summed E-state index contributed by atoms with van der Waals surface area (Å²) < 4.78 is 10.6. The van der Waals surface area contributed by atoms with Gasteiger partial charge in [0.25, 0.3) is 5.91 Å². The van der Waals surface area contributed by atoms with Crippen LogP contribution in [-0.4, -0.2) is 25.7 Å². The number of ether oxygens (including phenoxy) is 2. The van der Waals surface area contributed by atoms with Gasteiger partial charge in [-0.1, -0.05) is 19.8 Å². The summed E-state index contributed by atoms with van der Waals surface area (Å²) in [6.07, 6.45) is 2.70. The average Bonchev–Trinajstić information content (AvgIpc) is 2.44. The van der Waals surface area contributed by atoms with E-state index < -0.39 is 5.60 Å². The number of nitrogens with one attached hydrogen (secondary N) is 1. The van der Waals surface area contributed by atoms with E-state index in [1.54, 1.807) is 14.2 Å². The van der Waals surface area contributed by atoms with Crippen LogP contribution in [0.5, 0.6) is 5.75 Å². The Morgan fingerprint density at radius 3 is 2.55 bits per heavy atom. The van der Waals surface area contributed by atoms with Crippen LogP contribution in [0.4, 0.5) is 5.69 Å². The van der Waals surface area contributed by atoms with Gasteiger partial charge in [0, 0.05) is 12.8 Å². The zero-order chi connectivity index (χ0) is 15.2. The van der Waals surface area contributed by atoms with Gasteiger partial charge in [-0.2, -0.15) is 0 Å². The molecule has 1 amide bonds. The van der Waals surface area contributed by atoms with Gasteiger partial charge in [0.1, 0.15) is 11.4 Å². The van der Waals surface area contributed by atoms with Gasteiger partial charge in [0.05, 0.1) is 7.11 Å².